The van der Waals surface area contributed by atoms with Gasteiger partial charge in [0.1, 0.15) is 5.56 Å². The number of ether oxygens (including phenoxy) is 1. The van der Waals surface area contributed by atoms with Gasteiger partial charge in [-0.2, -0.15) is 13.2 Å². The summed E-state index contributed by atoms with van der Waals surface area (Å²) in [6.45, 7) is 5.88. The normalized spacial score (nSPS) is 27.2. The second kappa shape index (κ2) is 9.67. The van der Waals surface area contributed by atoms with E-state index in [4.69, 9.17) is 20.4 Å². The van der Waals surface area contributed by atoms with Crippen LogP contribution in [0, 0.1) is 25.7 Å². The Kier molecular flexibility index (Phi) is 6.87. The Labute approximate surface area is 213 Å². The van der Waals surface area contributed by atoms with Crippen LogP contribution in [0.25, 0.3) is 11.3 Å². The Morgan fingerprint density at radius 1 is 1.03 bits per heavy atom. The maximum atomic E-state index is 14.0. The smallest absolute Gasteiger partial charge is 0.378 e. The number of fused-ring (bicyclic) bond motifs is 1. The Hall–Kier alpha value is -2.06. The fourth-order valence-corrected chi connectivity index (χ4v) is 6.09. The standard InChI is InChI=1S/C26H31B2F3N4O/c1-15-6-7-16(2)20(9-15)22-12-21(26(29,30)31)24(34-33-22)32-19-10-17-13-35(14-18(17)11-19)25(27,28)23-5-3-4-8-36-23/h6-7,9,12,17-19,23H,3-5,8,10-11,13-14H2,1-2H3,(H,32,34)/t17-,18+,19?,23?. The molecule has 0 bridgehead atoms. The van der Waals surface area contributed by atoms with Crippen molar-refractivity contribution in [1.29, 1.82) is 0 Å². The highest BCUT2D eigenvalue weighted by atomic mass is 19.4. The van der Waals surface area contributed by atoms with Crippen molar-refractivity contribution in [2.75, 3.05) is 25.0 Å². The minimum absolute atomic E-state index is 0.111. The van der Waals surface area contributed by atoms with E-state index in [2.05, 4.69) is 20.4 Å². The zero-order valence-electron chi connectivity index (χ0n) is 20.8. The number of nitrogens with zero attached hydrogens (tertiary/aromatic N) is 3. The molecule has 1 saturated carbocycles. The summed E-state index contributed by atoms with van der Waals surface area (Å²) in [5.41, 5.74) is 1.90. The van der Waals surface area contributed by atoms with Crippen molar-refractivity contribution in [3.8, 4) is 11.3 Å². The summed E-state index contributed by atoms with van der Waals surface area (Å²) in [6.07, 6.45) is -0.340. The van der Waals surface area contributed by atoms with Crippen LogP contribution in [-0.4, -0.2) is 68.0 Å². The third kappa shape index (κ3) is 5.03. The number of nitrogens with one attached hydrogen (secondary N) is 1. The lowest BCUT2D eigenvalue weighted by Gasteiger charge is -2.45. The molecule has 2 aliphatic heterocycles. The van der Waals surface area contributed by atoms with Crippen LogP contribution >= 0.6 is 0 Å². The number of aryl methyl sites for hydroxylation is 2. The lowest BCUT2D eigenvalue weighted by Crippen LogP contribution is -2.59. The van der Waals surface area contributed by atoms with Crippen molar-refractivity contribution < 1.29 is 17.9 Å². The topological polar surface area (TPSA) is 50.3 Å². The van der Waals surface area contributed by atoms with Crippen molar-refractivity contribution in [2.45, 2.75) is 69.6 Å². The molecule has 5 nitrogen and oxygen atoms in total. The van der Waals surface area contributed by atoms with E-state index in [1.54, 1.807) is 0 Å². The van der Waals surface area contributed by atoms with Crippen LogP contribution in [0.5, 0.6) is 0 Å². The minimum Gasteiger partial charge on any atom is -0.378 e. The summed E-state index contributed by atoms with van der Waals surface area (Å²) in [5.74, 6) is 0.421. The Morgan fingerprint density at radius 3 is 2.39 bits per heavy atom. The molecule has 36 heavy (non-hydrogen) atoms. The molecule has 3 heterocycles. The molecular weight excluding hydrogens is 463 g/mol. The van der Waals surface area contributed by atoms with Crippen molar-refractivity contribution in [3.05, 3.63) is 41.0 Å². The van der Waals surface area contributed by atoms with E-state index in [1.807, 2.05) is 32.0 Å². The molecule has 5 rings (SSSR count). The number of anilines is 1. The fraction of sp³-hybridized carbons (Fsp3) is 0.615. The molecule has 2 aromatic rings. The first-order valence-corrected chi connectivity index (χ1v) is 12.8. The molecule has 0 spiro atoms. The summed E-state index contributed by atoms with van der Waals surface area (Å²) in [4.78, 5) is 2.11. The fourth-order valence-electron chi connectivity index (χ4n) is 6.09. The maximum Gasteiger partial charge on any atom is 0.420 e. The molecule has 188 valence electrons. The summed E-state index contributed by atoms with van der Waals surface area (Å²) in [7, 11) is 13.1. The van der Waals surface area contributed by atoms with Crippen molar-refractivity contribution in [1.82, 2.24) is 15.1 Å². The van der Waals surface area contributed by atoms with Crippen LogP contribution in [0.15, 0.2) is 24.3 Å². The number of halogens is 3. The maximum absolute atomic E-state index is 14.0. The third-order valence-corrected chi connectivity index (χ3v) is 8.10. The van der Waals surface area contributed by atoms with Gasteiger partial charge in [0.25, 0.3) is 0 Å². The average molecular weight is 494 g/mol. The minimum atomic E-state index is -4.55. The number of hydrogen-bond acceptors (Lipinski definition) is 5. The zero-order valence-corrected chi connectivity index (χ0v) is 20.8. The van der Waals surface area contributed by atoms with Gasteiger partial charge in [-0.05, 0) is 80.8 Å². The Morgan fingerprint density at radius 2 is 1.75 bits per heavy atom. The molecule has 1 aliphatic carbocycles. The SMILES string of the molecule is [B]C([B])(C1CCCCO1)N1C[C@H]2CC(Nc3nnc(-c4cc(C)ccc4C)cc3C(F)(F)F)C[C@H]2C1. The first-order chi connectivity index (χ1) is 17.0. The molecule has 0 amide bonds. The van der Waals surface area contributed by atoms with Gasteiger partial charge in [0.15, 0.2) is 5.82 Å². The predicted molar refractivity (Wildman–Crippen MR) is 135 cm³/mol. The van der Waals surface area contributed by atoms with E-state index < -0.39 is 17.1 Å². The summed E-state index contributed by atoms with van der Waals surface area (Å²) >= 11 is 0. The van der Waals surface area contributed by atoms with E-state index >= 15 is 0 Å². The van der Waals surface area contributed by atoms with Crippen LogP contribution in [0.2, 0.25) is 0 Å². The number of rotatable bonds is 5. The highest BCUT2D eigenvalue weighted by Gasteiger charge is 2.47. The molecule has 1 aromatic carbocycles. The number of likely N-dealkylation sites (tertiary alicyclic amines) is 1. The van der Waals surface area contributed by atoms with E-state index in [0.29, 0.717) is 24.0 Å². The molecule has 3 aliphatic rings. The van der Waals surface area contributed by atoms with Gasteiger partial charge >= 0.3 is 6.18 Å². The Balaban J connectivity index is 1.29. The monoisotopic (exact) mass is 494 g/mol. The van der Waals surface area contributed by atoms with E-state index in [9.17, 15) is 13.2 Å². The van der Waals surface area contributed by atoms with Gasteiger partial charge in [-0.3, -0.25) is 0 Å². The van der Waals surface area contributed by atoms with Crippen molar-refractivity contribution in [3.63, 3.8) is 0 Å². The molecular formula is C26H31B2F3N4O. The molecule has 1 N–H and O–H groups in total. The van der Waals surface area contributed by atoms with E-state index in [0.717, 1.165) is 62.4 Å². The molecule has 4 atom stereocenters. The van der Waals surface area contributed by atoms with E-state index in [-0.39, 0.29) is 23.7 Å². The number of aromatic nitrogens is 2. The molecule has 10 heteroatoms. The number of benzene rings is 1. The lowest BCUT2D eigenvalue weighted by molar-refractivity contribution is -0.137. The Bertz CT molecular complexity index is 1090. The van der Waals surface area contributed by atoms with Crippen molar-refractivity contribution in [2.24, 2.45) is 11.8 Å². The van der Waals surface area contributed by atoms with Gasteiger partial charge in [0.05, 0.1) is 27.5 Å². The average Bonchev–Trinajstić information content (AvgIpc) is 3.40. The van der Waals surface area contributed by atoms with E-state index in [1.165, 1.54) is 0 Å². The molecule has 2 saturated heterocycles. The summed E-state index contributed by atoms with van der Waals surface area (Å²) in [6, 6.07) is 6.64. The highest BCUT2D eigenvalue weighted by Crippen LogP contribution is 2.43. The van der Waals surface area contributed by atoms with Gasteiger partial charge in [-0.1, -0.05) is 17.7 Å². The van der Waals surface area contributed by atoms with Crippen LogP contribution in [-0.2, 0) is 10.9 Å². The predicted octanol–water partition coefficient (Wildman–Crippen LogP) is 4.46. The van der Waals surface area contributed by atoms with Gasteiger partial charge in [-0.25, -0.2) is 0 Å². The highest BCUT2D eigenvalue weighted by molar-refractivity contribution is 6.40. The first-order valence-electron chi connectivity index (χ1n) is 12.8. The second-order valence-corrected chi connectivity index (χ2v) is 10.8. The lowest BCUT2D eigenvalue weighted by atomic mass is 9.56. The molecule has 4 radical (unpaired) electrons. The van der Waals surface area contributed by atoms with Crippen LogP contribution in [0.4, 0.5) is 19.0 Å². The number of alkyl halides is 3. The third-order valence-electron chi connectivity index (χ3n) is 8.10. The van der Waals surface area contributed by atoms with Crippen LogP contribution in [0.3, 0.4) is 0 Å². The molecule has 1 aromatic heterocycles. The van der Waals surface area contributed by atoms with Gasteiger partial charge < -0.3 is 15.0 Å². The van der Waals surface area contributed by atoms with Crippen LogP contribution in [0.1, 0.15) is 48.8 Å². The second-order valence-electron chi connectivity index (χ2n) is 10.8. The largest absolute Gasteiger partial charge is 0.420 e. The van der Waals surface area contributed by atoms with Gasteiger partial charge in [0, 0.05) is 31.3 Å². The molecule has 3 fully saturated rings. The summed E-state index contributed by atoms with van der Waals surface area (Å²) < 4.78 is 48.0. The zero-order chi connectivity index (χ0) is 25.7. The quantitative estimate of drug-likeness (QED) is 0.623. The molecule has 2 unspecified atom stereocenters. The first kappa shape index (κ1) is 25.6. The summed E-state index contributed by atoms with van der Waals surface area (Å²) in [5, 5.41) is 10.2. The van der Waals surface area contributed by atoms with Gasteiger partial charge in [-0.15, -0.1) is 10.2 Å². The van der Waals surface area contributed by atoms with Crippen LogP contribution < -0.4 is 5.32 Å². The van der Waals surface area contributed by atoms with Gasteiger partial charge in [0.2, 0.25) is 0 Å². The number of hydrogen-bond donors (Lipinski definition) is 1. The van der Waals surface area contributed by atoms with Crippen molar-refractivity contribution >= 4 is 21.5 Å².